The van der Waals surface area contributed by atoms with Gasteiger partial charge in [0.25, 0.3) is 11.6 Å². The Morgan fingerprint density at radius 2 is 1.73 bits per heavy atom. The molecule has 2 aromatic carbocycles. The van der Waals surface area contributed by atoms with Crippen LogP contribution >= 0.6 is 0 Å². The third-order valence-corrected chi connectivity index (χ3v) is 4.66. The second-order valence-corrected chi connectivity index (χ2v) is 6.84. The number of benzene rings is 2. The van der Waals surface area contributed by atoms with E-state index in [-0.39, 0.29) is 40.8 Å². The lowest BCUT2D eigenvalue weighted by atomic mass is 10.0. The highest BCUT2D eigenvalue weighted by molar-refractivity contribution is 5.91. The van der Waals surface area contributed by atoms with Crippen molar-refractivity contribution in [1.82, 2.24) is 5.32 Å². The number of aliphatic hydroxyl groups excluding tert-OH is 2. The van der Waals surface area contributed by atoms with Crippen molar-refractivity contribution in [3.05, 3.63) is 98.0 Å². The van der Waals surface area contributed by atoms with E-state index in [2.05, 4.69) is 5.32 Å². The normalized spacial score (nSPS) is 12.5. The lowest BCUT2D eigenvalue weighted by molar-refractivity contribution is -0.386. The summed E-state index contributed by atoms with van der Waals surface area (Å²) in [7, 11) is 0. The SMILES string of the molecule is O=C(NC(CO)C(O)c1ccc([N+](=O)[O-])cc1)c1ccc(COc2ccccc2[N+](=O)[O-])o1. The number of rotatable bonds is 10. The van der Waals surface area contributed by atoms with Gasteiger partial charge in [-0.05, 0) is 35.9 Å². The molecule has 12 nitrogen and oxygen atoms in total. The lowest BCUT2D eigenvalue weighted by Crippen LogP contribution is -2.41. The quantitative estimate of drug-likeness (QED) is 0.305. The number of hydrogen-bond acceptors (Lipinski definition) is 9. The first-order valence-corrected chi connectivity index (χ1v) is 9.59. The standard InChI is InChI=1S/C21H19N3O9/c25-11-16(20(26)13-5-7-14(8-6-13)23(28)29)22-21(27)19-10-9-15(33-19)12-32-18-4-2-1-3-17(18)24(30)31/h1-10,16,20,25-26H,11-12H2,(H,22,27). The Morgan fingerprint density at radius 3 is 2.36 bits per heavy atom. The number of amides is 1. The molecule has 0 aliphatic rings. The van der Waals surface area contributed by atoms with E-state index in [0.717, 1.165) is 0 Å². The van der Waals surface area contributed by atoms with Gasteiger partial charge in [-0.1, -0.05) is 12.1 Å². The van der Waals surface area contributed by atoms with Gasteiger partial charge >= 0.3 is 5.69 Å². The summed E-state index contributed by atoms with van der Waals surface area (Å²) in [5.41, 5.74) is -0.118. The molecule has 2 unspecified atom stereocenters. The van der Waals surface area contributed by atoms with Crippen molar-refractivity contribution in [2.24, 2.45) is 0 Å². The first-order chi connectivity index (χ1) is 15.8. The van der Waals surface area contributed by atoms with E-state index in [9.17, 15) is 35.2 Å². The van der Waals surface area contributed by atoms with Crippen LogP contribution in [0.3, 0.4) is 0 Å². The van der Waals surface area contributed by atoms with Crippen LogP contribution in [0.25, 0.3) is 0 Å². The van der Waals surface area contributed by atoms with Crippen molar-refractivity contribution in [2.75, 3.05) is 6.61 Å². The van der Waals surface area contributed by atoms with Gasteiger partial charge in [0.1, 0.15) is 18.5 Å². The minimum absolute atomic E-state index is 0.0384. The Balaban J connectivity index is 1.63. The van der Waals surface area contributed by atoms with Crippen molar-refractivity contribution in [1.29, 1.82) is 0 Å². The number of ether oxygens (including phenoxy) is 1. The smallest absolute Gasteiger partial charge is 0.310 e. The van der Waals surface area contributed by atoms with Gasteiger partial charge in [-0.3, -0.25) is 25.0 Å². The summed E-state index contributed by atoms with van der Waals surface area (Å²) in [6.45, 7) is -0.786. The maximum Gasteiger partial charge on any atom is 0.310 e. The van der Waals surface area contributed by atoms with Gasteiger partial charge in [0.15, 0.2) is 11.5 Å². The first kappa shape index (κ1) is 23.4. The average Bonchev–Trinajstić information content (AvgIpc) is 3.30. The number of furan rings is 1. The molecule has 0 aliphatic heterocycles. The number of non-ortho nitro benzene ring substituents is 1. The van der Waals surface area contributed by atoms with Crippen LogP contribution in [0.1, 0.15) is 28.0 Å². The average molecular weight is 457 g/mol. The predicted molar refractivity (Wildman–Crippen MR) is 113 cm³/mol. The first-order valence-electron chi connectivity index (χ1n) is 9.59. The third kappa shape index (κ3) is 5.70. The zero-order chi connectivity index (χ0) is 24.0. The Kier molecular flexibility index (Phi) is 7.33. The molecule has 0 fully saturated rings. The van der Waals surface area contributed by atoms with Crippen molar-refractivity contribution in [3.63, 3.8) is 0 Å². The van der Waals surface area contributed by atoms with Gasteiger partial charge in [-0.15, -0.1) is 0 Å². The van der Waals surface area contributed by atoms with Crippen LogP contribution < -0.4 is 10.1 Å². The minimum atomic E-state index is -1.34. The molecule has 1 amide bonds. The van der Waals surface area contributed by atoms with E-state index in [1.165, 1.54) is 54.6 Å². The van der Waals surface area contributed by atoms with Crippen LogP contribution in [0, 0.1) is 20.2 Å². The van der Waals surface area contributed by atoms with Crippen LogP contribution in [0.2, 0.25) is 0 Å². The zero-order valence-electron chi connectivity index (χ0n) is 17.0. The molecule has 3 N–H and O–H groups in total. The third-order valence-electron chi connectivity index (χ3n) is 4.66. The highest BCUT2D eigenvalue weighted by atomic mass is 16.6. The number of hydrogen-bond donors (Lipinski definition) is 3. The van der Waals surface area contributed by atoms with E-state index < -0.39 is 34.5 Å². The molecule has 3 aromatic rings. The van der Waals surface area contributed by atoms with E-state index in [1.54, 1.807) is 6.07 Å². The zero-order valence-corrected chi connectivity index (χ0v) is 17.0. The van der Waals surface area contributed by atoms with Crippen molar-refractivity contribution < 1.29 is 34.0 Å². The summed E-state index contributed by atoms with van der Waals surface area (Å²) >= 11 is 0. The van der Waals surface area contributed by atoms with E-state index >= 15 is 0 Å². The molecule has 0 aliphatic carbocycles. The van der Waals surface area contributed by atoms with Gasteiger partial charge in [0.05, 0.1) is 22.5 Å². The highest BCUT2D eigenvalue weighted by Crippen LogP contribution is 2.27. The van der Waals surface area contributed by atoms with Crippen molar-refractivity contribution in [2.45, 2.75) is 18.8 Å². The molecule has 0 bridgehead atoms. The molecule has 12 heteroatoms. The second kappa shape index (κ2) is 10.3. The fourth-order valence-corrected chi connectivity index (χ4v) is 2.95. The summed E-state index contributed by atoms with van der Waals surface area (Å²) in [4.78, 5) is 33.1. The molecular weight excluding hydrogens is 438 g/mol. The highest BCUT2D eigenvalue weighted by Gasteiger charge is 2.25. The topological polar surface area (TPSA) is 178 Å². The Hall–Kier alpha value is -4.29. The Morgan fingerprint density at radius 1 is 1.03 bits per heavy atom. The molecule has 2 atom stereocenters. The monoisotopic (exact) mass is 457 g/mol. The van der Waals surface area contributed by atoms with E-state index in [4.69, 9.17) is 9.15 Å². The fraction of sp³-hybridized carbons (Fsp3) is 0.190. The van der Waals surface area contributed by atoms with E-state index in [1.807, 2.05) is 0 Å². The molecule has 172 valence electrons. The van der Waals surface area contributed by atoms with Crippen LogP contribution in [0.4, 0.5) is 11.4 Å². The molecule has 1 heterocycles. The van der Waals surface area contributed by atoms with E-state index in [0.29, 0.717) is 0 Å². The van der Waals surface area contributed by atoms with Crippen LogP contribution in [0.5, 0.6) is 5.75 Å². The molecular formula is C21H19N3O9. The molecule has 1 aromatic heterocycles. The van der Waals surface area contributed by atoms with Gasteiger partial charge < -0.3 is 24.7 Å². The molecule has 0 radical (unpaired) electrons. The number of nitrogens with one attached hydrogen (secondary N) is 1. The summed E-state index contributed by atoms with van der Waals surface area (Å²) in [6.07, 6.45) is -1.34. The van der Waals surface area contributed by atoms with Gasteiger partial charge in [0, 0.05) is 18.2 Å². The maximum absolute atomic E-state index is 12.5. The number of nitrogens with zero attached hydrogens (tertiary/aromatic N) is 2. The molecule has 0 saturated heterocycles. The van der Waals surface area contributed by atoms with Gasteiger partial charge in [-0.25, -0.2) is 0 Å². The number of carbonyl (C=O) groups is 1. The lowest BCUT2D eigenvalue weighted by Gasteiger charge is -2.22. The van der Waals surface area contributed by atoms with Gasteiger partial charge in [-0.2, -0.15) is 0 Å². The van der Waals surface area contributed by atoms with Gasteiger partial charge in [0.2, 0.25) is 0 Å². The maximum atomic E-state index is 12.5. The second-order valence-electron chi connectivity index (χ2n) is 6.84. The number of nitro groups is 2. The molecule has 3 rings (SSSR count). The minimum Gasteiger partial charge on any atom is -0.479 e. The summed E-state index contributed by atoms with van der Waals surface area (Å²) in [5, 5.41) is 44.3. The summed E-state index contributed by atoms with van der Waals surface area (Å²) < 4.78 is 10.8. The molecule has 0 spiro atoms. The van der Waals surface area contributed by atoms with Crippen molar-refractivity contribution in [3.8, 4) is 5.75 Å². The van der Waals surface area contributed by atoms with Crippen LogP contribution in [0.15, 0.2) is 65.1 Å². The Bertz CT molecular complexity index is 1140. The fourth-order valence-electron chi connectivity index (χ4n) is 2.95. The van der Waals surface area contributed by atoms with Crippen LogP contribution in [-0.4, -0.2) is 38.6 Å². The number of carbonyl (C=O) groups excluding carboxylic acids is 1. The molecule has 33 heavy (non-hydrogen) atoms. The summed E-state index contributed by atoms with van der Waals surface area (Å²) in [6, 6.07) is 12.5. The largest absolute Gasteiger partial charge is 0.479 e. The number of aliphatic hydroxyl groups is 2. The number of nitro benzene ring substituents is 2. The molecule has 0 saturated carbocycles. The van der Waals surface area contributed by atoms with Crippen molar-refractivity contribution >= 4 is 17.3 Å². The Labute approximate surface area is 186 Å². The predicted octanol–water partition coefficient (Wildman–Crippen LogP) is 2.50. The number of para-hydroxylation sites is 2. The van der Waals surface area contributed by atoms with Crippen LogP contribution in [-0.2, 0) is 6.61 Å². The summed E-state index contributed by atoms with van der Waals surface area (Å²) in [5.74, 6) is -0.608.